The summed E-state index contributed by atoms with van der Waals surface area (Å²) in [6, 6.07) is 0. The highest BCUT2D eigenvalue weighted by atomic mass is 32.1. The summed E-state index contributed by atoms with van der Waals surface area (Å²) in [5.74, 6) is 0. The van der Waals surface area contributed by atoms with E-state index < -0.39 is 17.6 Å². The Kier molecular flexibility index (Phi) is 2.36. The minimum Gasteiger partial charge on any atom is -0.326 e. The molecule has 0 aromatic carbocycles. The van der Waals surface area contributed by atoms with Crippen molar-refractivity contribution in [3.05, 3.63) is 0 Å². The minimum atomic E-state index is -4.38. The van der Waals surface area contributed by atoms with Gasteiger partial charge in [0, 0.05) is 6.54 Å². The molecular weight excluding hydrogens is 139 g/mol. The third kappa shape index (κ3) is 2.23. The van der Waals surface area contributed by atoms with Crippen molar-refractivity contribution in [3.8, 4) is 0 Å². The molecule has 0 aliphatic heterocycles. The van der Waals surface area contributed by atoms with Gasteiger partial charge in [0.25, 0.3) is 0 Å². The summed E-state index contributed by atoms with van der Waals surface area (Å²) >= 11 is 3.84. The van der Waals surface area contributed by atoms with Crippen LogP contribution >= 0.6 is 12.2 Å². The van der Waals surface area contributed by atoms with Gasteiger partial charge < -0.3 is 5.73 Å². The number of alkyl halides is 3. The molecule has 5 heteroatoms. The van der Waals surface area contributed by atoms with Crippen LogP contribution in [0.15, 0.2) is 0 Å². The molecule has 0 aliphatic rings. The number of halogens is 3. The van der Waals surface area contributed by atoms with Crippen molar-refractivity contribution in [1.29, 1.82) is 0 Å². The number of thiocarbonyl (C=S) groups is 1. The summed E-state index contributed by atoms with van der Waals surface area (Å²) < 4.78 is 33.7. The molecule has 0 saturated heterocycles. The van der Waals surface area contributed by atoms with Crippen molar-refractivity contribution in [2.24, 2.45) is 5.73 Å². The van der Waals surface area contributed by atoms with E-state index in [-0.39, 0.29) is 0 Å². The third-order valence-electron chi connectivity index (χ3n) is 0.502. The molecule has 0 saturated carbocycles. The quantitative estimate of drug-likeness (QED) is 0.551. The zero-order valence-electron chi connectivity index (χ0n) is 3.83. The summed E-state index contributed by atoms with van der Waals surface area (Å²) in [6.07, 6.45) is -4.38. The zero-order valence-corrected chi connectivity index (χ0v) is 4.64. The standard InChI is InChI=1S/C3H4F3NS/c4-3(5,6)2(8)1-7/h1,7H2. The summed E-state index contributed by atoms with van der Waals surface area (Å²) in [5.41, 5.74) is 4.60. The third-order valence-corrected chi connectivity index (χ3v) is 0.900. The first-order chi connectivity index (χ1) is 3.48. The molecule has 0 aliphatic carbocycles. The van der Waals surface area contributed by atoms with Crippen molar-refractivity contribution >= 4 is 17.1 Å². The van der Waals surface area contributed by atoms with Crippen molar-refractivity contribution in [1.82, 2.24) is 0 Å². The average Bonchev–Trinajstić information content (AvgIpc) is 1.62. The molecule has 0 spiro atoms. The molecule has 48 valence electrons. The van der Waals surface area contributed by atoms with Crippen LogP contribution in [0.2, 0.25) is 0 Å². The fourth-order valence-corrected chi connectivity index (χ4v) is 0.116. The highest BCUT2D eigenvalue weighted by Crippen LogP contribution is 2.15. The zero-order chi connectivity index (χ0) is 6.78. The van der Waals surface area contributed by atoms with E-state index in [4.69, 9.17) is 0 Å². The molecular formula is C3H4F3NS. The number of hydrogen-bond acceptors (Lipinski definition) is 2. The first-order valence-electron chi connectivity index (χ1n) is 1.78. The maximum atomic E-state index is 11.2. The first kappa shape index (κ1) is 7.84. The molecule has 0 unspecified atom stereocenters. The molecule has 0 aromatic rings. The molecule has 0 bridgehead atoms. The van der Waals surface area contributed by atoms with Crippen LogP contribution in [0.4, 0.5) is 13.2 Å². The van der Waals surface area contributed by atoms with Crippen LogP contribution in [0.1, 0.15) is 0 Å². The number of hydrogen-bond donors (Lipinski definition) is 1. The Morgan fingerprint density at radius 1 is 1.50 bits per heavy atom. The van der Waals surface area contributed by atoms with Crippen LogP contribution in [0.5, 0.6) is 0 Å². The van der Waals surface area contributed by atoms with Crippen molar-refractivity contribution in [3.63, 3.8) is 0 Å². The Labute approximate surface area is 49.7 Å². The second-order valence-electron chi connectivity index (χ2n) is 1.13. The van der Waals surface area contributed by atoms with E-state index in [0.717, 1.165) is 0 Å². The van der Waals surface area contributed by atoms with E-state index in [2.05, 4.69) is 18.0 Å². The summed E-state index contributed by atoms with van der Waals surface area (Å²) in [5, 5.41) is 0. The lowest BCUT2D eigenvalue weighted by molar-refractivity contribution is -0.0571. The molecule has 1 nitrogen and oxygen atoms in total. The molecule has 0 radical (unpaired) electrons. The lowest BCUT2D eigenvalue weighted by Gasteiger charge is -2.02. The van der Waals surface area contributed by atoms with E-state index >= 15 is 0 Å². The van der Waals surface area contributed by atoms with Gasteiger partial charge in [0.1, 0.15) is 4.86 Å². The van der Waals surface area contributed by atoms with Gasteiger partial charge >= 0.3 is 6.18 Å². The monoisotopic (exact) mass is 143 g/mol. The fourth-order valence-electron chi connectivity index (χ4n) is 0.116. The lowest BCUT2D eigenvalue weighted by atomic mass is 10.4. The van der Waals surface area contributed by atoms with Crippen LogP contribution in [0.3, 0.4) is 0 Å². The van der Waals surface area contributed by atoms with Gasteiger partial charge in [-0.2, -0.15) is 13.2 Å². The van der Waals surface area contributed by atoms with Crippen molar-refractivity contribution in [2.75, 3.05) is 6.54 Å². The SMILES string of the molecule is NCC(=S)C(F)(F)F. The average molecular weight is 143 g/mol. The van der Waals surface area contributed by atoms with Crippen LogP contribution in [-0.2, 0) is 0 Å². The largest absolute Gasteiger partial charge is 0.423 e. The Morgan fingerprint density at radius 3 is 1.88 bits per heavy atom. The van der Waals surface area contributed by atoms with E-state index in [1.165, 1.54) is 0 Å². The fraction of sp³-hybridized carbons (Fsp3) is 0.667. The van der Waals surface area contributed by atoms with Crippen molar-refractivity contribution < 1.29 is 13.2 Å². The molecule has 0 rings (SSSR count). The predicted octanol–water partition coefficient (Wildman–Crippen LogP) is 0.877. The summed E-state index contributed by atoms with van der Waals surface area (Å²) in [6.45, 7) is -0.598. The summed E-state index contributed by atoms with van der Waals surface area (Å²) in [7, 11) is 0. The predicted molar refractivity (Wildman–Crippen MR) is 27.7 cm³/mol. The second kappa shape index (κ2) is 2.41. The molecule has 0 heterocycles. The van der Waals surface area contributed by atoms with Gasteiger partial charge in [-0.1, -0.05) is 12.2 Å². The first-order valence-corrected chi connectivity index (χ1v) is 2.19. The number of nitrogens with two attached hydrogens (primary N) is 1. The molecule has 0 atom stereocenters. The maximum absolute atomic E-state index is 11.2. The highest BCUT2D eigenvalue weighted by Gasteiger charge is 2.32. The van der Waals surface area contributed by atoms with E-state index in [1.54, 1.807) is 0 Å². The van der Waals surface area contributed by atoms with Gasteiger partial charge in [-0.05, 0) is 0 Å². The van der Waals surface area contributed by atoms with Crippen LogP contribution in [0.25, 0.3) is 0 Å². The van der Waals surface area contributed by atoms with E-state index in [0.29, 0.717) is 0 Å². The van der Waals surface area contributed by atoms with E-state index in [9.17, 15) is 13.2 Å². The topological polar surface area (TPSA) is 26.0 Å². The van der Waals surface area contributed by atoms with Gasteiger partial charge in [-0.15, -0.1) is 0 Å². The molecule has 8 heavy (non-hydrogen) atoms. The second-order valence-corrected chi connectivity index (χ2v) is 1.62. The van der Waals surface area contributed by atoms with Crippen LogP contribution in [-0.4, -0.2) is 17.6 Å². The Balaban J connectivity index is 3.82. The molecule has 2 N–H and O–H groups in total. The molecule has 0 fully saturated rings. The summed E-state index contributed by atoms with van der Waals surface area (Å²) in [4.78, 5) is -1.06. The Hall–Kier alpha value is -0.160. The highest BCUT2D eigenvalue weighted by molar-refractivity contribution is 7.80. The van der Waals surface area contributed by atoms with Crippen molar-refractivity contribution in [2.45, 2.75) is 6.18 Å². The molecule has 0 aromatic heterocycles. The Morgan fingerprint density at radius 2 is 1.88 bits per heavy atom. The van der Waals surface area contributed by atoms with Gasteiger partial charge in [0.2, 0.25) is 0 Å². The van der Waals surface area contributed by atoms with Gasteiger partial charge in [-0.3, -0.25) is 0 Å². The van der Waals surface area contributed by atoms with Gasteiger partial charge in [-0.25, -0.2) is 0 Å². The normalized spacial score (nSPS) is 11.5. The lowest BCUT2D eigenvalue weighted by Crippen LogP contribution is -2.27. The van der Waals surface area contributed by atoms with Crippen LogP contribution in [0, 0.1) is 0 Å². The minimum absolute atomic E-state index is 0.598. The maximum Gasteiger partial charge on any atom is 0.423 e. The number of rotatable bonds is 1. The smallest absolute Gasteiger partial charge is 0.326 e. The van der Waals surface area contributed by atoms with E-state index in [1.807, 2.05) is 0 Å². The Bertz CT molecular complexity index is 97.2. The molecule has 0 amide bonds. The van der Waals surface area contributed by atoms with Gasteiger partial charge in [0.05, 0.1) is 0 Å². The van der Waals surface area contributed by atoms with Gasteiger partial charge in [0.15, 0.2) is 0 Å². The van der Waals surface area contributed by atoms with Crippen LogP contribution < -0.4 is 5.73 Å².